The van der Waals surface area contributed by atoms with Gasteiger partial charge in [-0.05, 0) is 13.8 Å². The monoisotopic (exact) mass is 383 g/mol. The van der Waals surface area contributed by atoms with Crippen LogP contribution in [0.5, 0.6) is 5.75 Å². The van der Waals surface area contributed by atoms with Gasteiger partial charge in [-0.3, -0.25) is 0 Å². The van der Waals surface area contributed by atoms with E-state index >= 15 is 0 Å². The predicted molar refractivity (Wildman–Crippen MR) is 87.0 cm³/mol. The summed E-state index contributed by atoms with van der Waals surface area (Å²) >= 11 is 6.07. The molecule has 6 nitrogen and oxygen atoms in total. The van der Waals surface area contributed by atoms with E-state index in [9.17, 15) is 13.2 Å². The molecule has 10 heteroatoms. The minimum absolute atomic E-state index is 0.255. The van der Waals surface area contributed by atoms with Crippen molar-refractivity contribution in [2.75, 3.05) is 0 Å². The van der Waals surface area contributed by atoms with Gasteiger partial charge < -0.3 is 9.30 Å². The van der Waals surface area contributed by atoms with E-state index in [1.165, 1.54) is 17.1 Å². The number of nitrogens with zero attached hydrogens (tertiary/aromatic N) is 5. The minimum Gasteiger partial charge on any atom is -0.474 e. The Morgan fingerprint density at radius 2 is 1.77 bits per heavy atom. The summed E-state index contributed by atoms with van der Waals surface area (Å²) in [7, 11) is 1.63. The van der Waals surface area contributed by atoms with Gasteiger partial charge in [0.25, 0.3) is 0 Å². The maximum atomic E-state index is 13.9. The second-order valence-corrected chi connectivity index (χ2v) is 6.34. The van der Waals surface area contributed by atoms with Crippen LogP contribution in [0.4, 0.5) is 13.2 Å². The summed E-state index contributed by atoms with van der Waals surface area (Å²) in [5.41, 5.74) is -0.947. The van der Waals surface area contributed by atoms with Crippen LogP contribution in [0, 0.1) is 17.5 Å². The van der Waals surface area contributed by atoms with Crippen molar-refractivity contribution in [2.45, 2.75) is 19.4 Å². The summed E-state index contributed by atoms with van der Waals surface area (Å²) in [5, 5.41) is 8.32. The first kappa shape index (κ1) is 18.1. The van der Waals surface area contributed by atoms with E-state index < -0.39 is 28.8 Å². The van der Waals surface area contributed by atoms with Crippen molar-refractivity contribution in [3.05, 3.63) is 53.0 Å². The van der Waals surface area contributed by atoms with Crippen molar-refractivity contribution in [1.29, 1.82) is 0 Å². The van der Waals surface area contributed by atoms with Gasteiger partial charge in [-0.2, -0.15) is 0 Å². The molecule has 0 fully saturated rings. The summed E-state index contributed by atoms with van der Waals surface area (Å²) in [5.74, 6) is -3.48. The molecular formula is C16H13ClF3N5O. The van der Waals surface area contributed by atoms with E-state index in [-0.39, 0.29) is 10.8 Å². The molecule has 136 valence electrons. The third-order valence-electron chi connectivity index (χ3n) is 3.61. The molecule has 0 aliphatic heterocycles. The number of hydrogen-bond donors (Lipinski definition) is 0. The summed E-state index contributed by atoms with van der Waals surface area (Å²) in [6.07, 6.45) is 2.71. The van der Waals surface area contributed by atoms with Gasteiger partial charge in [0, 0.05) is 25.4 Å². The fourth-order valence-corrected chi connectivity index (χ4v) is 2.65. The fraction of sp³-hybridized carbons (Fsp3) is 0.250. The topological polar surface area (TPSA) is 65.7 Å². The van der Waals surface area contributed by atoms with E-state index in [0.29, 0.717) is 23.7 Å². The first-order valence-corrected chi connectivity index (χ1v) is 7.78. The summed E-state index contributed by atoms with van der Waals surface area (Å²) < 4.78 is 47.9. The van der Waals surface area contributed by atoms with Gasteiger partial charge in [-0.1, -0.05) is 11.6 Å². The Morgan fingerprint density at radius 1 is 1.12 bits per heavy atom. The second kappa shape index (κ2) is 6.56. The maximum absolute atomic E-state index is 13.9. The molecule has 0 N–H and O–H groups in total. The van der Waals surface area contributed by atoms with E-state index in [1.54, 1.807) is 20.9 Å². The highest BCUT2D eigenvalue weighted by molar-refractivity contribution is 6.32. The molecule has 0 spiro atoms. The number of hydrogen-bond acceptors (Lipinski definition) is 5. The lowest BCUT2D eigenvalue weighted by molar-refractivity contribution is 0.0833. The maximum Gasteiger partial charge on any atom is 0.192 e. The highest BCUT2D eigenvalue weighted by Crippen LogP contribution is 2.32. The van der Waals surface area contributed by atoms with E-state index in [0.717, 1.165) is 0 Å². The van der Waals surface area contributed by atoms with Crippen LogP contribution in [0.1, 0.15) is 19.7 Å². The lowest BCUT2D eigenvalue weighted by atomic mass is 10.1. The summed E-state index contributed by atoms with van der Waals surface area (Å²) in [6, 6.07) is 1.08. The third kappa shape index (κ3) is 3.22. The van der Waals surface area contributed by atoms with E-state index in [2.05, 4.69) is 20.2 Å². The van der Waals surface area contributed by atoms with E-state index in [1.807, 2.05) is 0 Å². The molecular weight excluding hydrogens is 371 g/mol. The van der Waals surface area contributed by atoms with E-state index in [4.69, 9.17) is 16.3 Å². The molecule has 0 amide bonds. The SMILES string of the molecule is Cn1c(-c2ncncc2Cl)nnc1C(C)(C)Oc1c(F)cc(F)cc1F. The lowest BCUT2D eigenvalue weighted by Gasteiger charge is -2.26. The van der Waals surface area contributed by atoms with Gasteiger partial charge in [-0.25, -0.2) is 23.1 Å². The minimum atomic E-state index is -1.29. The van der Waals surface area contributed by atoms with Crippen LogP contribution < -0.4 is 4.74 Å². The number of aromatic nitrogens is 5. The van der Waals surface area contributed by atoms with Crippen molar-refractivity contribution < 1.29 is 17.9 Å². The zero-order chi connectivity index (χ0) is 19.1. The van der Waals surface area contributed by atoms with Crippen LogP contribution in [0.25, 0.3) is 11.5 Å². The van der Waals surface area contributed by atoms with Crippen molar-refractivity contribution in [1.82, 2.24) is 24.7 Å². The third-order valence-corrected chi connectivity index (χ3v) is 3.89. The average Bonchev–Trinajstić information content (AvgIpc) is 2.94. The second-order valence-electron chi connectivity index (χ2n) is 5.94. The predicted octanol–water partition coefficient (Wildman–Crippen LogP) is 3.66. The van der Waals surface area contributed by atoms with Crippen LogP contribution in [0.2, 0.25) is 5.02 Å². The van der Waals surface area contributed by atoms with Crippen LogP contribution in [-0.4, -0.2) is 24.7 Å². The molecule has 1 aromatic carbocycles. The Kier molecular flexibility index (Phi) is 4.57. The molecule has 0 saturated carbocycles. The molecule has 0 aliphatic rings. The molecule has 0 unspecified atom stereocenters. The van der Waals surface area contributed by atoms with Gasteiger partial charge in [0.2, 0.25) is 0 Å². The largest absolute Gasteiger partial charge is 0.474 e. The Bertz CT molecular complexity index is 953. The molecule has 26 heavy (non-hydrogen) atoms. The lowest BCUT2D eigenvalue weighted by Crippen LogP contribution is -2.30. The molecule has 2 heterocycles. The number of halogens is 4. The summed E-state index contributed by atoms with van der Waals surface area (Å²) in [4.78, 5) is 7.86. The zero-order valence-electron chi connectivity index (χ0n) is 14.0. The molecule has 2 aromatic heterocycles. The Hall–Kier alpha value is -2.68. The Labute approximate surface area is 151 Å². The van der Waals surface area contributed by atoms with Crippen LogP contribution >= 0.6 is 11.6 Å². The molecule has 3 rings (SSSR count). The molecule has 0 aliphatic carbocycles. The molecule has 0 radical (unpaired) electrons. The fourth-order valence-electron chi connectivity index (χ4n) is 2.46. The standard InChI is InChI=1S/C16H13ClF3N5O/c1-16(2,26-13-10(19)4-8(18)5-11(13)20)15-24-23-14(25(15)3)12-9(17)6-21-7-22-12/h4-7H,1-3H3. The highest BCUT2D eigenvalue weighted by atomic mass is 35.5. The van der Waals surface area contributed by atoms with Gasteiger partial charge in [0.1, 0.15) is 17.8 Å². The first-order valence-electron chi connectivity index (χ1n) is 7.40. The molecule has 0 saturated heterocycles. The van der Waals surface area contributed by atoms with Crippen LogP contribution in [0.15, 0.2) is 24.7 Å². The van der Waals surface area contributed by atoms with Gasteiger partial charge in [0.15, 0.2) is 34.6 Å². The Morgan fingerprint density at radius 3 is 2.38 bits per heavy atom. The van der Waals surface area contributed by atoms with Gasteiger partial charge in [0.05, 0.1) is 5.02 Å². The Balaban J connectivity index is 2.00. The number of benzene rings is 1. The first-order chi connectivity index (χ1) is 12.2. The van der Waals surface area contributed by atoms with Crippen molar-refractivity contribution in [3.8, 4) is 17.3 Å². The van der Waals surface area contributed by atoms with Gasteiger partial charge in [-0.15, -0.1) is 10.2 Å². The zero-order valence-corrected chi connectivity index (χ0v) is 14.7. The summed E-state index contributed by atoms with van der Waals surface area (Å²) in [6.45, 7) is 3.09. The molecule has 0 bridgehead atoms. The van der Waals surface area contributed by atoms with Crippen molar-refractivity contribution in [3.63, 3.8) is 0 Å². The number of rotatable bonds is 4. The molecule has 3 aromatic rings. The normalized spacial score (nSPS) is 11.7. The van der Waals surface area contributed by atoms with Gasteiger partial charge >= 0.3 is 0 Å². The number of ether oxygens (including phenoxy) is 1. The van der Waals surface area contributed by atoms with Crippen LogP contribution in [-0.2, 0) is 12.6 Å². The molecule has 0 atom stereocenters. The smallest absolute Gasteiger partial charge is 0.192 e. The van der Waals surface area contributed by atoms with Crippen LogP contribution in [0.3, 0.4) is 0 Å². The van der Waals surface area contributed by atoms with Crippen molar-refractivity contribution >= 4 is 11.6 Å². The quantitative estimate of drug-likeness (QED) is 0.688. The average molecular weight is 384 g/mol. The highest BCUT2D eigenvalue weighted by Gasteiger charge is 2.32. The van der Waals surface area contributed by atoms with Crippen molar-refractivity contribution in [2.24, 2.45) is 7.05 Å².